The summed E-state index contributed by atoms with van der Waals surface area (Å²) < 4.78 is 5.86. The first-order valence-corrected chi connectivity index (χ1v) is 11.0. The maximum atomic E-state index is 12.5. The average molecular weight is 410 g/mol. The number of anilines is 2. The van der Waals surface area contributed by atoms with Crippen LogP contribution in [-0.4, -0.2) is 50.1 Å². The van der Waals surface area contributed by atoms with E-state index in [2.05, 4.69) is 61.0 Å². The van der Waals surface area contributed by atoms with Crippen molar-refractivity contribution in [2.75, 3.05) is 49.5 Å². The van der Waals surface area contributed by atoms with Crippen molar-refractivity contribution < 1.29 is 9.53 Å². The Morgan fingerprint density at radius 3 is 2.43 bits per heavy atom. The fourth-order valence-corrected chi connectivity index (χ4v) is 3.98. The highest BCUT2D eigenvalue weighted by Crippen LogP contribution is 2.28. The van der Waals surface area contributed by atoms with Crippen molar-refractivity contribution in [2.45, 2.75) is 40.5 Å². The number of piperazine rings is 1. The van der Waals surface area contributed by atoms with Gasteiger partial charge in [-0.15, -0.1) is 0 Å². The first-order chi connectivity index (χ1) is 14.4. The number of benzene rings is 2. The summed E-state index contributed by atoms with van der Waals surface area (Å²) in [5.74, 6) is 0.992. The molecule has 0 radical (unpaired) electrons. The number of rotatable bonds is 7. The van der Waals surface area contributed by atoms with E-state index in [0.717, 1.165) is 55.3 Å². The molecule has 5 nitrogen and oxygen atoms in total. The van der Waals surface area contributed by atoms with Crippen molar-refractivity contribution in [3.8, 4) is 5.75 Å². The molecule has 1 fully saturated rings. The Labute approximate surface area is 181 Å². The van der Waals surface area contributed by atoms with Gasteiger partial charge in [-0.05, 0) is 67.3 Å². The molecule has 0 aliphatic carbocycles. The van der Waals surface area contributed by atoms with Gasteiger partial charge in [0.25, 0.3) is 5.91 Å². The van der Waals surface area contributed by atoms with E-state index in [1.54, 1.807) is 0 Å². The number of likely N-dealkylation sites (N-methyl/N-ethyl adjacent to an activating group) is 1. The summed E-state index contributed by atoms with van der Waals surface area (Å²) in [5, 5.41) is 2.97. The molecule has 1 saturated heterocycles. The molecule has 3 rings (SSSR count). The van der Waals surface area contributed by atoms with Gasteiger partial charge in [-0.2, -0.15) is 0 Å². The third kappa shape index (κ3) is 5.54. The van der Waals surface area contributed by atoms with Crippen molar-refractivity contribution in [2.24, 2.45) is 0 Å². The highest BCUT2D eigenvalue weighted by Gasteiger charge is 2.17. The second kappa shape index (κ2) is 9.98. The Hall–Kier alpha value is -2.53. The highest BCUT2D eigenvalue weighted by molar-refractivity contribution is 5.92. The number of carbonyl (C=O) groups excluding carboxylic acids is 1. The van der Waals surface area contributed by atoms with Gasteiger partial charge >= 0.3 is 0 Å². The summed E-state index contributed by atoms with van der Waals surface area (Å²) >= 11 is 0. The zero-order valence-electron chi connectivity index (χ0n) is 19.0. The predicted octanol–water partition coefficient (Wildman–Crippen LogP) is 4.59. The van der Waals surface area contributed by atoms with Crippen LogP contribution in [0.1, 0.15) is 43.4 Å². The van der Waals surface area contributed by atoms with Gasteiger partial charge in [-0.1, -0.05) is 32.9 Å². The number of ether oxygens (including phenoxy) is 1. The molecule has 30 heavy (non-hydrogen) atoms. The van der Waals surface area contributed by atoms with Gasteiger partial charge in [-0.25, -0.2) is 0 Å². The lowest BCUT2D eigenvalue weighted by molar-refractivity contribution is -0.118. The number of nitrogens with one attached hydrogen (secondary N) is 1. The maximum Gasteiger partial charge on any atom is 0.262 e. The number of carbonyl (C=O) groups is 1. The molecule has 1 N–H and O–H groups in total. The molecule has 0 unspecified atom stereocenters. The van der Waals surface area contributed by atoms with E-state index in [0.29, 0.717) is 5.92 Å². The molecule has 162 valence electrons. The van der Waals surface area contributed by atoms with Gasteiger partial charge in [0.15, 0.2) is 6.61 Å². The number of hydrogen-bond acceptors (Lipinski definition) is 4. The summed E-state index contributed by atoms with van der Waals surface area (Å²) in [7, 11) is 0. The lowest BCUT2D eigenvalue weighted by Gasteiger charge is -2.36. The van der Waals surface area contributed by atoms with Crippen LogP contribution in [-0.2, 0) is 4.79 Å². The van der Waals surface area contributed by atoms with E-state index in [1.165, 1.54) is 11.3 Å². The number of aryl methyl sites for hydroxylation is 2. The fourth-order valence-electron chi connectivity index (χ4n) is 3.98. The molecule has 1 amide bonds. The fraction of sp³-hybridized carbons (Fsp3) is 0.480. The summed E-state index contributed by atoms with van der Waals surface area (Å²) in [6, 6.07) is 12.3. The second-order valence-electron chi connectivity index (χ2n) is 8.46. The summed E-state index contributed by atoms with van der Waals surface area (Å²) in [5.41, 5.74) is 5.49. The van der Waals surface area contributed by atoms with Crippen LogP contribution in [0.5, 0.6) is 5.75 Å². The smallest absolute Gasteiger partial charge is 0.262 e. The zero-order chi connectivity index (χ0) is 21.7. The van der Waals surface area contributed by atoms with E-state index in [1.807, 2.05) is 25.1 Å². The van der Waals surface area contributed by atoms with Crippen molar-refractivity contribution >= 4 is 17.3 Å². The zero-order valence-corrected chi connectivity index (χ0v) is 19.0. The number of hydrogen-bond donors (Lipinski definition) is 1. The summed E-state index contributed by atoms with van der Waals surface area (Å²) in [6.07, 6.45) is 0. The van der Waals surface area contributed by atoms with Gasteiger partial charge in [0.2, 0.25) is 0 Å². The lowest BCUT2D eigenvalue weighted by atomic mass is 10.0. The first kappa shape index (κ1) is 22.2. The minimum atomic E-state index is -0.144. The second-order valence-corrected chi connectivity index (χ2v) is 8.46. The van der Waals surface area contributed by atoms with Gasteiger partial charge in [0, 0.05) is 37.6 Å². The lowest BCUT2D eigenvalue weighted by Crippen LogP contribution is -2.46. The highest BCUT2D eigenvalue weighted by atomic mass is 16.5. The average Bonchev–Trinajstić information content (AvgIpc) is 2.72. The molecule has 2 aromatic carbocycles. The monoisotopic (exact) mass is 409 g/mol. The normalized spacial score (nSPS) is 14.8. The Morgan fingerprint density at radius 2 is 1.80 bits per heavy atom. The van der Waals surface area contributed by atoms with Crippen LogP contribution in [0.4, 0.5) is 11.4 Å². The van der Waals surface area contributed by atoms with E-state index in [-0.39, 0.29) is 12.5 Å². The Morgan fingerprint density at radius 1 is 1.07 bits per heavy atom. The summed E-state index contributed by atoms with van der Waals surface area (Å²) in [4.78, 5) is 17.4. The van der Waals surface area contributed by atoms with Crippen molar-refractivity contribution in [1.29, 1.82) is 0 Å². The van der Waals surface area contributed by atoms with E-state index in [9.17, 15) is 4.79 Å². The van der Waals surface area contributed by atoms with Crippen molar-refractivity contribution in [1.82, 2.24) is 4.90 Å². The van der Waals surface area contributed by atoms with E-state index >= 15 is 0 Å². The largest absolute Gasteiger partial charge is 0.483 e. The molecule has 0 aromatic heterocycles. The molecule has 5 heteroatoms. The Balaban J connectivity index is 1.59. The van der Waals surface area contributed by atoms with Crippen LogP contribution in [0.2, 0.25) is 0 Å². The topological polar surface area (TPSA) is 44.8 Å². The minimum absolute atomic E-state index is 0.00293. The molecule has 1 heterocycles. The number of amides is 1. The molecule has 0 atom stereocenters. The Bertz CT molecular complexity index is 871. The molecular weight excluding hydrogens is 374 g/mol. The molecule has 1 aliphatic heterocycles. The van der Waals surface area contributed by atoms with Crippen molar-refractivity contribution in [3.63, 3.8) is 0 Å². The van der Waals surface area contributed by atoms with Crippen LogP contribution in [0.15, 0.2) is 36.4 Å². The van der Waals surface area contributed by atoms with Crippen LogP contribution in [0.25, 0.3) is 0 Å². The molecule has 0 spiro atoms. The van der Waals surface area contributed by atoms with Crippen LogP contribution in [0, 0.1) is 13.8 Å². The van der Waals surface area contributed by atoms with Crippen LogP contribution >= 0.6 is 0 Å². The summed E-state index contributed by atoms with van der Waals surface area (Å²) in [6.45, 7) is 16.0. The molecule has 1 aliphatic rings. The standard InChI is InChI=1S/C25H35N3O2/c1-6-27-11-13-28(14-12-27)23-10-8-21(16-20(23)5)26-25(29)17-30-24-15-19(4)7-9-22(24)18(2)3/h7-10,15-16,18H,6,11-14,17H2,1-5H3,(H,26,29). The Kier molecular flexibility index (Phi) is 7.38. The molecule has 0 bridgehead atoms. The van der Waals surface area contributed by atoms with E-state index < -0.39 is 0 Å². The molecule has 2 aromatic rings. The first-order valence-electron chi connectivity index (χ1n) is 11.0. The van der Waals surface area contributed by atoms with Crippen molar-refractivity contribution in [3.05, 3.63) is 53.1 Å². The maximum absolute atomic E-state index is 12.5. The van der Waals surface area contributed by atoms with Gasteiger partial charge in [-0.3, -0.25) is 4.79 Å². The predicted molar refractivity (Wildman–Crippen MR) is 125 cm³/mol. The quantitative estimate of drug-likeness (QED) is 0.727. The van der Waals surface area contributed by atoms with Gasteiger partial charge in [0.1, 0.15) is 5.75 Å². The van der Waals surface area contributed by atoms with Gasteiger partial charge in [0.05, 0.1) is 0 Å². The van der Waals surface area contributed by atoms with Crippen LogP contribution < -0.4 is 15.0 Å². The van der Waals surface area contributed by atoms with Crippen LogP contribution in [0.3, 0.4) is 0 Å². The third-order valence-electron chi connectivity index (χ3n) is 5.79. The van der Waals surface area contributed by atoms with Gasteiger partial charge < -0.3 is 19.9 Å². The van der Waals surface area contributed by atoms with E-state index in [4.69, 9.17) is 4.74 Å². The minimum Gasteiger partial charge on any atom is -0.483 e. The molecular formula is C25H35N3O2. The third-order valence-corrected chi connectivity index (χ3v) is 5.79. The number of nitrogens with zero attached hydrogens (tertiary/aromatic N) is 2. The SMILES string of the molecule is CCN1CCN(c2ccc(NC(=O)COc3cc(C)ccc3C(C)C)cc2C)CC1. The molecule has 0 saturated carbocycles.